The lowest BCUT2D eigenvalue weighted by Crippen LogP contribution is -2.18. The van der Waals surface area contributed by atoms with Gasteiger partial charge in [-0.2, -0.15) is 0 Å². The number of hydrogen-bond acceptors (Lipinski definition) is 4. The van der Waals surface area contributed by atoms with Gasteiger partial charge in [0.25, 0.3) is 0 Å². The van der Waals surface area contributed by atoms with Crippen molar-refractivity contribution in [2.75, 3.05) is 12.4 Å². The summed E-state index contributed by atoms with van der Waals surface area (Å²) in [5.74, 6) is -1.49. The van der Waals surface area contributed by atoms with Gasteiger partial charge in [0.15, 0.2) is 0 Å². The Bertz CT molecular complexity index is 565. The van der Waals surface area contributed by atoms with E-state index in [1.165, 1.54) is 31.3 Å². The number of carboxylic acids is 1. The van der Waals surface area contributed by atoms with Gasteiger partial charge in [-0.15, -0.1) is 0 Å². The maximum atomic E-state index is 11.4. The first-order valence-corrected chi connectivity index (χ1v) is 6.89. The van der Waals surface area contributed by atoms with Crippen LogP contribution in [0.15, 0.2) is 29.2 Å². The number of hydrogen-bond donors (Lipinski definition) is 3. The quantitative estimate of drug-likeness (QED) is 0.700. The summed E-state index contributed by atoms with van der Waals surface area (Å²) < 4.78 is 25.1. The van der Waals surface area contributed by atoms with Gasteiger partial charge in [0.1, 0.15) is 0 Å². The van der Waals surface area contributed by atoms with Crippen LogP contribution in [0.25, 0.3) is 0 Å². The van der Waals surface area contributed by atoms with E-state index in [0.29, 0.717) is 5.69 Å². The Morgan fingerprint density at radius 2 is 1.74 bits per heavy atom. The topological polar surface area (TPSA) is 113 Å². The molecule has 0 aliphatic rings. The van der Waals surface area contributed by atoms with Crippen molar-refractivity contribution in [3.8, 4) is 0 Å². The first-order chi connectivity index (χ1) is 8.85. The van der Waals surface area contributed by atoms with Crippen LogP contribution in [0.3, 0.4) is 0 Å². The standard InChI is InChI=1S/C11H14N2O5S/c1-12-19(17,18)9-4-2-8(3-5-9)13-10(14)6-7-11(15)16/h2-5,12H,6-7H2,1H3,(H,13,14)(H,15,16). The molecule has 0 spiro atoms. The summed E-state index contributed by atoms with van der Waals surface area (Å²) in [6, 6.07) is 5.56. The van der Waals surface area contributed by atoms with Gasteiger partial charge in [-0.05, 0) is 31.3 Å². The molecular formula is C11H14N2O5S. The highest BCUT2D eigenvalue weighted by Crippen LogP contribution is 2.14. The van der Waals surface area contributed by atoms with E-state index in [9.17, 15) is 18.0 Å². The molecule has 0 aliphatic carbocycles. The molecule has 0 bridgehead atoms. The van der Waals surface area contributed by atoms with Gasteiger partial charge in [-0.25, -0.2) is 13.1 Å². The average Bonchev–Trinajstić information content (AvgIpc) is 2.37. The molecule has 1 amide bonds. The minimum Gasteiger partial charge on any atom is -0.481 e. The number of anilines is 1. The van der Waals surface area contributed by atoms with Gasteiger partial charge in [-0.3, -0.25) is 9.59 Å². The first-order valence-electron chi connectivity index (χ1n) is 5.40. The van der Waals surface area contributed by atoms with Gasteiger partial charge >= 0.3 is 5.97 Å². The van der Waals surface area contributed by atoms with E-state index in [1.54, 1.807) is 0 Å². The summed E-state index contributed by atoms with van der Waals surface area (Å²) in [4.78, 5) is 21.7. The normalized spacial score (nSPS) is 11.0. The predicted molar refractivity (Wildman–Crippen MR) is 68.2 cm³/mol. The fraction of sp³-hybridized carbons (Fsp3) is 0.273. The van der Waals surface area contributed by atoms with Gasteiger partial charge in [0, 0.05) is 12.1 Å². The van der Waals surface area contributed by atoms with Crippen LogP contribution in [0.2, 0.25) is 0 Å². The second-order valence-electron chi connectivity index (χ2n) is 3.67. The molecule has 8 heteroatoms. The van der Waals surface area contributed by atoms with Crippen LogP contribution in [0.4, 0.5) is 5.69 Å². The van der Waals surface area contributed by atoms with Gasteiger partial charge in [0.2, 0.25) is 15.9 Å². The fourth-order valence-electron chi connectivity index (χ4n) is 1.28. The number of carbonyl (C=O) groups is 2. The van der Waals surface area contributed by atoms with Crippen LogP contribution in [0.5, 0.6) is 0 Å². The van der Waals surface area contributed by atoms with E-state index in [2.05, 4.69) is 10.0 Å². The van der Waals surface area contributed by atoms with Gasteiger partial charge in [0.05, 0.1) is 11.3 Å². The number of sulfonamides is 1. The maximum absolute atomic E-state index is 11.4. The summed E-state index contributed by atoms with van der Waals surface area (Å²) in [5, 5.41) is 10.9. The SMILES string of the molecule is CNS(=O)(=O)c1ccc(NC(=O)CCC(=O)O)cc1. The number of amides is 1. The van der Waals surface area contributed by atoms with E-state index in [1.807, 2.05) is 0 Å². The molecule has 1 aromatic rings. The van der Waals surface area contributed by atoms with Crippen molar-refractivity contribution in [2.45, 2.75) is 17.7 Å². The monoisotopic (exact) mass is 286 g/mol. The highest BCUT2D eigenvalue weighted by molar-refractivity contribution is 7.89. The number of carboxylic acid groups (broad SMARTS) is 1. The van der Waals surface area contributed by atoms with Crippen LogP contribution >= 0.6 is 0 Å². The first kappa shape index (κ1) is 15.1. The second kappa shape index (κ2) is 6.30. The van der Waals surface area contributed by atoms with Crippen molar-refractivity contribution >= 4 is 27.6 Å². The Morgan fingerprint density at radius 3 is 2.21 bits per heavy atom. The smallest absolute Gasteiger partial charge is 0.303 e. The van der Waals surface area contributed by atoms with Crippen molar-refractivity contribution in [1.29, 1.82) is 0 Å². The summed E-state index contributed by atoms with van der Waals surface area (Å²) in [5.41, 5.74) is 0.408. The van der Waals surface area contributed by atoms with Crippen LogP contribution < -0.4 is 10.0 Å². The largest absolute Gasteiger partial charge is 0.481 e. The second-order valence-corrected chi connectivity index (χ2v) is 5.56. The molecule has 19 heavy (non-hydrogen) atoms. The van der Waals surface area contributed by atoms with Crippen LogP contribution in [-0.2, 0) is 19.6 Å². The van der Waals surface area contributed by atoms with Crippen molar-refractivity contribution in [3.05, 3.63) is 24.3 Å². The molecule has 104 valence electrons. The molecule has 0 atom stereocenters. The third kappa shape index (κ3) is 4.68. The molecule has 0 aromatic heterocycles. The molecule has 0 heterocycles. The molecular weight excluding hydrogens is 272 g/mol. The minimum atomic E-state index is -3.51. The summed E-state index contributed by atoms with van der Waals surface area (Å²) in [6.07, 6.45) is -0.385. The lowest BCUT2D eigenvalue weighted by atomic mass is 10.2. The summed E-state index contributed by atoms with van der Waals surface area (Å²) in [7, 11) is -2.20. The lowest BCUT2D eigenvalue weighted by Gasteiger charge is -2.06. The Labute approximate surface area is 110 Å². The van der Waals surface area contributed by atoms with E-state index in [0.717, 1.165) is 0 Å². The Morgan fingerprint density at radius 1 is 1.16 bits per heavy atom. The van der Waals surface area contributed by atoms with E-state index >= 15 is 0 Å². The Balaban J connectivity index is 2.67. The zero-order valence-electron chi connectivity index (χ0n) is 10.2. The lowest BCUT2D eigenvalue weighted by molar-refractivity contribution is -0.138. The van der Waals surface area contributed by atoms with Crippen LogP contribution in [-0.4, -0.2) is 32.4 Å². The van der Waals surface area contributed by atoms with Crippen molar-refractivity contribution in [3.63, 3.8) is 0 Å². The van der Waals surface area contributed by atoms with Crippen molar-refractivity contribution in [2.24, 2.45) is 0 Å². The zero-order valence-corrected chi connectivity index (χ0v) is 11.0. The summed E-state index contributed by atoms with van der Waals surface area (Å²) in [6.45, 7) is 0. The molecule has 0 saturated carbocycles. The predicted octanol–water partition coefficient (Wildman–Crippen LogP) is 0.398. The highest BCUT2D eigenvalue weighted by atomic mass is 32.2. The fourth-order valence-corrected chi connectivity index (χ4v) is 2.01. The van der Waals surface area contributed by atoms with Gasteiger partial charge in [-0.1, -0.05) is 0 Å². The molecule has 1 rings (SSSR count). The molecule has 3 N–H and O–H groups in total. The zero-order chi connectivity index (χ0) is 14.5. The Kier molecular flexibility index (Phi) is 5.02. The highest BCUT2D eigenvalue weighted by Gasteiger charge is 2.11. The molecule has 0 saturated heterocycles. The molecule has 0 aliphatic heterocycles. The third-order valence-electron chi connectivity index (χ3n) is 2.28. The molecule has 1 aromatic carbocycles. The molecule has 0 unspecified atom stereocenters. The average molecular weight is 286 g/mol. The number of rotatable bonds is 6. The van der Waals surface area contributed by atoms with E-state index < -0.39 is 21.9 Å². The maximum Gasteiger partial charge on any atom is 0.303 e. The minimum absolute atomic E-state index is 0.0820. The number of carbonyl (C=O) groups excluding carboxylic acids is 1. The van der Waals surface area contributed by atoms with Gasteiger partial charge < -0.3 is 10.4 Å². The van der Waals surface area contributed by atoms with Crippen molar-refractivity contribution in [1.82, 2.24) is 4.72 Å². The van der Waals surface area contributed by atoms with Crippen molar-refractivity contribution < 1.29 is 23.1 Å². The Hall–Kier alpha value is -1.93. The van der Waals surface area contributed by atoms with Crippen LogP contribution in [0.1, 0.15) is 12.8 Å². The number of benzene rings is 1. The van der Waals surface area contributed by atoms with E-state index in [-0.39, 0.29) is 17.7 Å². The number of aliphatic carboxylic acids is 1. The molecule has 7 nitrogen and oxygen atoms in total. The molecule has 0 radical (unpaired) electrons. The number of nitrogens with one attached hydrogen (secondary N) is 2. The third-order valence-corrected chi connectivity index (χ3v) is 3.71. The van der Waals surface area contributed by atoms with Crippen LogP contribution in [0, 0.1) is 0 Å². The van der Waals surface area contributed by atoms with E-state index in [4.69, 9.17) is 5.11 Å². The molecule has 0 fully saturated rings. The summed E-state index contributed by atoms with van der Waals surface area (Å²) >= 11 is 0.